The number of pyridine rings is 1. The normalized spacial score (nSPS) is 11.2. The highest BCUT2D eigenvalue weighted by atomic mass is 16.5. The lowest BCUT2D eigenvalue weighted by Gasteiger charge is -2.09. The summed E-state index contributed by atoms with van der Waals surface area (Å²) in [4.78, 5) is 17.8. The SMILES string of the molecule is COc1ccc(-c2c(C)nn3c2ncc2c(=O)n(-c4ccc(OC)cc4)ccc23)cc1. The largest absolute Gasteiger partial charge is 0.497 e. The highest BCUT2D eigenvalue weighted by molar-refractivity contribution is 5.86. The zero-order valence-electron chi connectivity index (χ0n) is 17.4. The molecule has 5 aromatic rings. The smallest absolute Gasteiger partial charge is 0.266 e. The maximum atomic E-state index is 13.2. The second kappa shape index (κ2) is 7.28. The standard InChI is InChI=1S/C24H20N4O3/c1-15-22(16-4-8-18(30-2)9-5-16)23-25-14-20-21(28(23)26-15)12-13-27(24(20)29)17-6-10-19(31-3)11-7-17/h4-14H,1-3H3. The van der Waals surface area contributed by atoms with Crippen LogP contribution in [-0.2, 0) is 0 Å². The lowest BCUT2D eigenvalue weighted by molar-refractivity contribution is 0.414. The Hall–Kier alpha value is -4.13. The molecule has 0 saturated carbocycles. The van der Waals surface area contributed by atoms with Crippen LogP contribution in [0.4, 0.5) is 0 Å². The monoisotopic (exact) mass is 412 g/mol. The van der Waals surface area contributed by atoms with Crippen LogP contribution in [0, 0.1) is 6.92 Å². The number of nitrogens with zero attached hydrogens (tertiary/aromatic N) is 4. The molecular formula is C24H20N4O3. The van der Waals surface area contributed by atoms with Crippen LogP contribution in [0.15, 0.2) is 71.8 Å². The Bertz CT molecular complexity index is 1470. The van der Waals surface area contributed by atoms with Gasteiger partial charge >= 0.3 is 0 Å². The summed E-state index contributed by atoms with van der Waals surface area (Å²) in [6.45, 7) is 1.94. The summed E-state index contributed by atoms with van der Waals surface area (Å²) in [5.41, 5.74) is 4.78. The van der Waals surface area contributed by atoms with E-state index in [2.05, 4.69) is 10.1 Å². The van der Waals surface area contributed by atoms with E-state index in [1.807, 2.05) is 61.5 Å². The van der Waals surface area contributed by atoms with Gasteiger partial charge in [-0.15, -0.1) is 0 Å². The van der Waals surface area contributed by atoms with Gasteiger partial charge in [-0.1, -0.05) is 12.1 Å². The molecule has 0 fully saturated rings. The minimum Gasteiger partial charge on any atom is -0.497 e. The second-order valence-corrected chi connectivity index (χ2v) is 7.17. The molecule has 0 amide bonds. The number of fused-ring (bicyclic) bond motifs is 3. The third-order valence-corrected chi connectivity index (χ3v) is 5.42. The highest BCUT2D eigenvalue weighted by Gasteiger charge is 2.16. The first-order valence-corrected chi connectivity index (χ1v) is 9.79. The van der Waals surface area contributed by atoms with Gasteiger partial charge in [-0.25, -0.2) is 9.50 Å². The molecule has 0 bridgehead atoms. The van der Waals surface area contributed by atoms with Crippen LogP contribution in [0.1, 0.15) is 5.69 Å². The quantitative estimate of drug-likeness (QED) is 0.446. The van der Waals surface area contributed by atoms with E-state index < -0.39 is 0 Å². The number of methoxy groups -OCH3 is 2. The molecule has 3 aromatic heterocycles. The van der Waals surface area contributed by atoms with E-state index in [1.165, 1.54) is 0 Å². The highest BCUT2D eigenvalue weighted by Crippen LogP contribution is 2.30. The summed E-state index contributed by atoms with van der Waals surface area (Å²) in [6, 6.07) is 17.0. The topological polar surface area (TPSA) is 70.7 Å². The molecule has 0 spiro atoms. The molecule has 3 heterocycles. The number of rotatable bonds is 4. The van der Waals surface area contributed by atoms with E-state index >= 15 is 0 Å². The average molecular weight is 412 g/mol. The van der Waals surface area contributed by atoms with Crippen LogP contribution in [0.25, 0.3) is 33.4 Å². The molecular weight excluding hydrogens is 392 g/mol. The number of aromatic nitrogens is 4. The molecule has 31 heavy (non-hydrogen) atoms. The van der Waals surface area contributed by atoms with Gasteiger partial charge in [-0.05, 0) is 55.0 Å². The molecule has 0 unspecified atom stereocenters. The molecule has 7 nitrogen and oxygen atoms in total. The lowest BCUT2D eigenvalue weighted by atomic mass is 10.1. The van der Waals surface area contributed by atoms with E-state index in [-0.39, 0.29) is 5.56 Å². The van der Waals surface area contributed by atoms with E-state index in [0.29, 0.717) is 16.6 Å². The molecule has 5 rings (SSSR count). The van der Waals surface area contributed by atoms with Crippen molar-refractivity contribution < 1.29 is 9.47 Å². The minimum absolute atomic E-state index is 0.156. The summed E-state index contributed by atoms with van der Waals surface area (Å²) in [5.74, 6) is 1.52. The number of benzene rings is 2. The van der Waals surface area contributed by atoms with E-state index in [1.54, 1.807) is 35.7 Å². The number of ether oxygens (including phenoxy) is 2. The Kier molecular flexibility index (Phi) is 4.43. The molecule has 2 aromatic carbocycles. The van der Waals surface area contributed by atoms with Crippen molar-refractivity contribution in [2.45, 2.75) is 6.92 Å². The van der Waals surface area contributed by atoms with Crippen LogP contribution >= 0.6 is 0 Å². The Morgan fingerprint density at radius 3 is 2.16 bits per heavy atom. The predicted molar refractivity (Wildman–Crippen MR) is 119 cm³/mol. The zero-order chi connectivity index (χ0) is 21.5. The maximum absolute atomic E-state index is 13.2. The summed E-state index contributed by atoms with van der Waals surface area (Å²) in [5, 5.41) is 5.18. The van der Waals surface area contributed by atoms with Crippen molar-refractivity contribution in [1.29, 1.82) is 0 Å². The molecule has 154 valence electrons. The Morgan fingerprint density at radius 1 is 0.871 bits per heavy atom. The van der Waals surface area contributed by atoms with Crippen molar-refractivity contribution in [3.63, 3.8) is 0 Å². The van der Waals surface area contributed by atoms with Crippen molar-refractivity contribution in [2.75, 3.05) is 14.2 Å². The van der Waals surface area contributed by atoms with Gasteiger partial charge in [0.05, 0.1) is 30.8 Å². The number of hydrogen-bond donors (Lipinski definition) is 0. The first kappa shape index (κ1) is 18.9. The summed E-state index contributed by atoms with van der Waals surface area (Å²) in [6.07, 6.45) is 3.39. The van der Waals surface area contributed by atoms with Gasteiger partial charge in [0.15, 0.2) is 5.65 Å². The Morgan fingerprint density at radius 2 is 1.52 bits per heavy atom. The fraction of sp³-hybridized carbons (Fsp3) is 0.125. The zero-order valence-corrected chi connectivity index (χ0v) is 17.4. The fourth-order valence-electron chi connectivity index (χ4n) is 3.82. The van der Waals surface area contributed by atoms with E-state index in [0.717, 1.165) is 34.0 Å². The minimum atomic E-state index is -0.156. The molecule has 0 radical (unpaired) electrons. The molecule has 0 N–H and O–H groups in total. The van der Waals surface area contributed by atoms with E-state index in [4.69, 9.17) is 9.47 Å². The Balaban J connectivity index is 1.68. The van der Waals surface area contributed by atoms with Crippen LogP contribution in [0.2, 0.25) is 0 Å². The maximum Gasteiger partial charge on any atom is 0.266 e. The molecule has 0 aliphatic carbocycles. The lowest BCUT2D eigenvalue weighted by Crippen LogP contribution is -2.18. The van der Waals surface area contributed by atoms with Gasteiger partial charge in [0.25, 0.3) is 5.56 Å². The molecule has 0 saturated heterocycles. The predicted octanol–water partition coefficient (Wildman–Crippen LogP) is 4.03. The van der Waals surface area contributed by atoms with Gasteiger partial charge in [0, 0.05) is 23.6 Å². The van der Waals surface area contributed by atoms with Crippen molar-refractivity contribution in [3.05, 3.63) is 83.0 Å². The summed E-state index contributed by atoms with van der Waals surface area (Å²) < 4.78 is 13.8. The van der Waals surface area contributed by atoms with Crippen LogP contribution < -0.4 is 15.0 Å². The van der Waals surface area contributed by atoms with Crippen LogP contribution in [0.5, 0.6) is 11.5 Å². The molecule has 0 aliphatic heterocycles. The van der Waals surface area contributed by atoms with Crippen molar-refractivity contribution in [2.24, 2.45) is 0 Å². The van der Waals surface area contributed by atoms with Crippen molar-refractivity contribution in [3.8, 4) is 28.3 Å². The van der Waals surface area contributed by atoms with Crippen LogP contribution in [-0.4, -0.2) is 33.4 Å². The van der Waals surface area contributed by atoms with Crippen molar-refractivity contribution in [1.82, 2.24) is 19.2 Å². The van der Waals surface area contributed by atoms with Gasteiger partial charge in [-0.3, -0.25) is 9.36 Å². The number of aryl methyl sites for hydroxylation is 1. The molecule has 7 heteroatoms. The summed E-state index contributed by atoms with van der Waals surface area (Å²) >= 11 is 0. The van der Waals surface area contributed by atoms with E-state index in [9.17, 15) is 4.79 Å². The Labute approximate surface area is 178 Å². The van der Waals surface area contributed by atoms with Gasteiger partial charge < -0.3 is 9.47 Å². The molecule has 0 aliphatic rings. The average Bonchev–Trinajstić information content (AvgIpc) is 3.15. The molecule has 0 atom stereocenters. The number of hydrogen-bond acceptors (Lipinski definition) is 5. The van der Waals surface area contributed by atoms with Gasteiger partial charge in [-0.2, -0.15) is 5.10 Å². The summed E-state index contributed by atoms with van der Waals surface area (Å²) in [7, 11) is 3.25. The van der Waals surface area contributed by atoms with Gasteiger partial charge in [0.2, 0.25) is 0 Å². The first-order chi connectivity index (χ1) is 15.1. The van der Waals surface area contributed by atoms with Crippen LogP contribution in [0.3, 0.4) is 0 Å². The van der Waals surface area contributed by atoms with Crippen molar-refractivity contribution >= 4 is 16.6 Å². The fourth-order valence-corrected chi connectivity index (χ4v) is 3.82. The first-order valence-electron chi connectivity index (χ1n) is 9.79. The third-order valence-electron chi connectivity index (χ3n) is 5.42. The third kappa shape index (κ3) is 3.02. The van der Waals surface area contributed by atoms with Gasteiger partial charge in [0.1, 0.15) is 11.5 Å². The second-order valence-electron chi connectivity index (χ2n) is 7.17.